The highest BCUT2D eigenvalue weighted by atomic mass is 32.2. The van der Waals surface area contributed by atoms with Crippen LogP contribution < -0.4 is 10.6 Å². The van der Waals surface area contributed by atoms with E-state index in [4.69, 9.17) is 0 Å². The van der Waals surface area contributed by atoms with Crippen LogP contribution in [0.15, 0.2) is 46.8 Å². The molecule has 140 valence electrons. The molecule has 1 aromatic carbocycles. The van der Waals surface area contributed by atoms with Crippen LogP contribution in [-0.4, -0.2) is 40.0 Å². The molecule has 27 heavy (non-hydrogen) atoms. The van der Waals surface area contributed by atoms with E-state index in [9.17, 15) is 4.79 Å². The van der Waals surface area contributed by atoms with Crippen LogP contribution in [0.4, 0.5) is 5.13 Å². The van der Waals surface area contributed by atoms with Gasteiger partial charge in [0.15, 0.2) is 10.8 Å². The maximum Gasteiger partial charge on any atom is 0.277 e. The average molecular weight is 400 g/mol. The highest BCUT2D eigenvalue weighted by Crippen LogP contribution is 2.27. The Hall–Kier alpha value is -2.16. The van der Waals surface area contributed by atoms with E-state index >= 15 is 0 Å². The monoisotopic (exact) mass is 399 g/mol. The molecule has 0 aliphatic carbocycles. The van der Waals surface area contributed by atoms with Crippen molar-refractivity contribution in [3.63, 3.8) is 0 Å². The highest BCUT2D eigenvalue weighted by molar-refractivity contribution is 7.98. The van der Waals surface area contributed by atoms with Gasteiger partial charge in [-0.2, -0.15) is 5.10 Å². The summed E-state index contributed by atoms with van der Waals surface area (Å²) in [5, 5.41) is 13.2. The highest BCUT2D eigenvalue weighted by Gasteiger charge is 2.18. The van der Waals surface area contributed by atoms with Gasteiger partial charge in [0, 0.05) is 28.6 Å². The number of carbonyl (C=O) groups excluding carboxylic acids is 1. The third-order valence-electron chi connectivity index (χ3n) is 4.60. The van der Waals surface area contributed by atoms with Crippen LogP contribution in [-0.2, 0) is 0 Å². The molecule has 1 amide bonds. The van der Waals surface area contributed by atoms with Crippen molar-refractivity contribution in [1.82, 2.24) is 20.1 Å². The van der Waals surface area contributed by atoms with Gasteiger partial charge in [-0.25, -0.2) is 4.98 Å². The number of amides is 1. The lowest BCUT2D eigenvalue weighted by Gasteiger charge is -2.22. The van der Waals surface area contributed by atoms with Gasteiger partial charge in [-0.15, -0.1) is 23.1 Å². The fourth-order valence-electron chi connectivity index (χ4n) is 3.11. The van der Waals surface area contributed by atoms with Crippen molar-refractivity contribution in [2.75, 3.05) is 24.7 Å². The third kappa shape index (κ3) is 4.23. The predicted molar refractivity (Wildman–Crippen MR) is 111 cm³/mol. The Morgan fingerprint density at radius 1 is 1.33 bits per heavy atom. The van der Waals surface area contributed by atoms with Crippen molar-refractivity contribution in [2.24, 2.45) is 0 Å². The molecule has 6 nitrogen and oxygen atoms in total. The van der Waals surface area contributed by atoms with Crippen molar-refractivity contribution >= 4 is 34.1 Å². The van der Waals surface area contributed by atoms with Crippen LogP contribution in [0.5, 0.6) is 0 Å². The molecule has 0 bridgehead atoms. The minimum absolute atomic E-state index is 0.226. The number of rotatable bonds is 5. The lowest BCUT2D eigenvalue weighted by Crippen LogP contribution is -2.32. The Labute approximate surface area is 166 Å². The first-order chi connectivity index (χ1) is 13.2. The first kappa shape index (κ1) is 18.2. The smallest absolute Gasteiger partial charge is 0.277 e. The molecule has 0 spiro atoms. The molecule has 1 aliphatic rings. The number of hydrogen-bond acceptors (Lipinski definition) is 6. The fraction of sp³-hybridized carbons (Fsp3) is 0.316. The number of thioether (sulfide) groups is 1. The molecule has 1 saturated heterocycles. The van der Waals surface area contributed by atoms with E-state index in [1.54, 1.807) is 17.8 Å². The van der Waals surface area contributed by atoms with Gasteiger partial charge in [0.05, 0.1) is 11.7 Å². The van der Waals surface area contributed by atoms with Gasteiger partial charge in [-0.05, 0) is 43.8 Å². The number of aromatic nitrogens is 3. The molecule has 0 radical (unpaired) electrons. The topological polar surface area (TPSA) is 71.8 Å². The van der Waals surface area contributed by atoms with Gasteiger partial charge in [0.1, 0.15) is 0 Å². The molecule has 1 unspecified atom stereocenters. The number of piperidine rings is 1. The van der Waals surface area contributed by atoms with E-state index in [0.29, 0.717) is 16.9 Å². The molecule has 8 heteroatoms. The van der Waals surface area contributed by atoms with Crippen LogP contribution >= 0.6 is 23.1 Å². The van der Waals surface area contributed by atoms with Crippen LogP contribution in [0.1, 0.15) is 29.4 Å². The largest absolute Gasteiger partial charge is 0.315 e. The Bertz CT molecular complexity index is 912. The zero-order valence-corrected chi connectivity index (χ0v) is 16.6. The molecule has 0 saturated carbocycles. The minimum atomic E-state index is -0.226. The SMILES string of the molecule is CSc1ccc(-c2csc(NC(=O)c3ccn(C4CCCNC4)n3)n2)cc1. The molecular weight excluding hydrogens is 378 g/mol. The lowest BCUT2D eigenvalue weighted by molar-refractivity contribution is 0.102. The van der Waals surface area contributed by atoms with Gasteiger partial charge in [-0.1, -0.05) is 12.1 Å². The van der Waals surface area contributed by atoms with E-state index in [-0.39, 0.29) is 5.91 Å². The molecule has 1 fully saturated rings. The number of benzene rings is 1. The Morgan fingerprint density at radius 3 is 2.93 bits per heavy atom. The summed E-state index contributed by atoms with van der Waals surface area (Å²) in [5.41, 5.74) is 2.32. The Balaban J connectivity index is 1.42. The van der Waals surface area contributed by atoms with E-state index in [1.165, 1.54) is 16.2 Å². The normalized spacial score (nSPS) is 17.0. The second-order valence-electron chi connectivity index (χ2n) is 6.40. The van der Waals surface area contributed by atoms with E-state index in [0.717, 1.165) is 37.2 Å². The number of thiazole rings is 1. The first-order valence-corrected chi connectivity index (χ1v) is 11.0. The first-order valence-electron chi connectivity index (χ1n) is 8.90. The molecule has 3 heterocycles. The lowest BCUT2D eigenvalue weighted by atomic mass is 10.1. The number of nitrogens with one attached hydrogen (secondary N) is 2. The van der Waals surface area contributed by atoms with Crippen molar-refractivity contribution in [3.8, 4) is 11.3 Å². The maximum atomic E-state index is 12.5. The predicted octanol–water partition coefficient (Wildman–Crippen LogP) is 3.91. The van der Waals surface area contributed by atoms with Crippen LogP contribution in [0.3, 0.4) is 0 Å². The Kier molecular flexibility index (Phi) is 5.56. The average Bonchev–Trinajstić information content (AvgIpc) is 3.39. The zero-order chi connectivity index (χ0) is 18.6. The van der Waals surface area contributed by atoms with Crippen molar-refractivity contribution in [1.29, 1.82) is 0 Å². The Morgan fingerprint density at radius 2 is 2.19 bits per heavy atom. The maximum absolute atomic E-state index is 12.5. The quantitative estimate of drug-likeness (QED) is 0.637. The van der Waals surface area contributed by atoms with Gasteiger partial charge >= 0.3 is 0 Å². The number of anilines is 1. The van der Waals surface area contributed by atoms with Crippen molar-refractivity contribution in [3.05, 3.63) is 47.6 Å². The van der Waals surface area contributed by atoms with Crippen LogP contribution in [0.25, 0.3) is 11.3 Å². The summed E-state index contributed by atoms with van der Waals surface area (Å²) >= 11 is 3.13. The minimum Gasteiger partial charge on any atom is -0.315 e. The summed E-state index contributed by atoms with van der Waals surface area (Å²) in [5.74, 6) is -0.226. The molecule has 3 aromatic rings. The molecule has 4 rings (SSSR count). The summed E-state index contributed by atoms with van der Waals surface area (Å²) < 4.78 is 1.89. The molecule has 2 N–H and O–H groups in total. The second-order valence-corrected chi connectivity index (χ2v) is 8.14. The standard InChI is InChI=1S/C19H21N5OS2/c1-26-15-6-4-13(5-7-15)17-12-27-19(21-17)22-18(25)16-8-10-24(23-16)14-3-2-9-20-11-14/h4-8,10,12,14,20H,2-3,9,11H2,1H3,(H,21,22,25). The van der Waals surface area contributed by atoms with Gasteiger partial charge in [-0.3, -0.25) is 14.8 Å². The van der Waals surface area contributed by atoms with E-state index in [1.807, 2.05) is 28.4 Å². The zero-order valence-electron chi connectivity index (χ0n) is 15.0. The molecule has 2 aromatic heterocycles. The van der Waals surface area contributed by atoms with Crippen molar-refractivity contribution < 1.29 is 4.79 Å². The van der Waals surface area contributed by atoms with E-state index < -0.39 is 0 Å². The van der Waals surface area contributed by atoms with Crippen LogP contribution in [0.2, 0.25) is 0 Å². The summed E-state index contributed by atoms with van der Waals surface area (Å²) in [6.07, 6.45) is 6.15. The van der Waals surface area contributed by atoms with Gasteiger partial charge in [0.25, 0.3) is 5.91 Å². The third-order valence-corrected chi connectivity index (χ3v) is 6.10. The van der Waals surface area contributed by atoms with Crippen LogP contribution in [0, 0.1) is 0 Å². The number of nitrogens with zero attached hydrogens (tertiary/aromatic N) is 3. The summed E-state index contributed by atoms with van der Waals surface area (Å²) in [4.78, 5) is 18.2. The number of carbonyl (C=O) groups is 1. The summed E-state index contributed by atoms with van der Waals surface area (Å²) in [7, 11) is 0. The second kappa shape index (κ2) is 8.24. The van der Waals surface area contributed by atoms with E-state index in [2.05, 4.69) is 39.1 Å². The molecule has 1 atom stereocenters. The summed E-state index contributed by atoms with van der Waals surface area (Å²) in [6, 6.07) is 10.3. The van der Waals surface area contributed by atoms with Gasteiger partial charge in [0.2, 0.25) is 0 Å². The van der Waals surface area contributed by atoms with Gasteiger partial charge < -0.3 is 5.32 Å². The fourth-order valence-corrected chi connectivity index (χ4v) is 4.23. The summed E-state index contributed by atoms with van der Waals surface area (Å²) in [6.45, 7) is 1.95. The number of hydrogen-bond donors (Lipinski definition) is 2. The molecular formula is C19H21N5OS2. The molecule has 1 aliphatic heterocycles. The van der Waals surface area contributed by atoms with Crippen molar-refractivity contribution in [2.45, 2.75) is 23.8 Å².